The molecule has 0 bridgehead atoms. The van der Waals surface area contributed by atoms with Crippen molar-refractivity contribution in [2.24, 2.45) is 0 Å². The van der Waals surface area contributed by atoms with Crippen LogP contribution in [0.15, 0.2) is 103 Å². The lowest BCUT2D eigenvalue weighted by molar-refractivity contribution is -0.113. The summed E-state index contributed by atoms with van der Waals surface area (Å²) in [4.78, 5) is 21.0. The van der Waals surface area contributed by atoms with Crippen LogP contribution in [0.1, 0.15) is 29.7 Å². The highest BCUT2D eigenvalue weighted by atomic mass is 16.1. The highest BCUT2D eigenvalue weighted by molar-refractivity contribution is 6.10. The molecule has 1 amide bonds. The predicted molar refractivity (Wildman–Crippen MR) is 160 cm³/mol. The number of carbonyl (C=O) groups is 1. The number of nitrogens with zero attached hydrogens (tertiary/aromatic N) is 3. The van der Waals surface area contributed by atoms with Crippen LogP contribution in [0.4, 0.5) is 23.0 Å². The lowest BCUT2D eigenvalue weighted by Gasteiger charge is -2.30. The first-order valence-electron chi connectivity index (χ1n) is 13.1. The van der Waals surface area contributed by atoms with Gasteiger partial charge in [-0.15, -0.1) is 0 Å². The van der Waals surface area contributed by atoms with Crippen LogP contribution in [-0.4, -0.2) is 22.5 Å². The van der Waals surface area contributed by atoms with Crippen LogP contribution in [-0.2, 0) is 4.79 Å². The van der Waals surface area contributed by atoms with Crippen LogP contribution in [0.2, 0.25) is 0 Å². The minimum atomic E-state index is -0.365. The summed E-state index contributed by atoms with van der Waals surface area (Å²) in [6.07, 6.45) is 0. The Morgan fingerprint density at radius 2 is 1.56 bits per heavy atom. The van der Waals surface area contributed by atoms with Crippen LogP contribution in [0, 0.1) is 13.8 Å². The number of aryl methyl sites for hydroxylation is 2. The SMILES string of the molecule is CC1=C(C(=O)Nc2ccc(C)cc2C)[C@@H](c2ccc(N(C)c3ccccc3)cc2)Nc2nc3ccccc3n21. The fraction of sp³-hybridized carbons (Fsp3) is 0.152. The summed E-state index contributed by atoms with van der Waals surface area (Å²) in [5, 5.41) is 6.75. The Kier molecular flexibility index (Phi) is 6.15. The molecule has 2 heterocycles. The molecule has 6 heteroatoms. The van der Waals surface area contributed by atoms with E-state index in [1.165, 1.54) is 0 Å². The molecule has 1 aliphatic rings. The van der Waals surface area contributed by atoms with Gasteiger partial charge in [0.05, 0.1) is 22.6 Å². The van der Waals surface area contributed by atoms with Gasteiger partial charge in [-0.05, 0) is 74.4 Å². The second-order valence-electron chi connectivity index (χ2n) is 10.1. The van der Waals surface area contributed by atoms with Gasteiger partial charge < -0.3 is 15.5 Å². The molecule has 0 aliphatic carbocycles. The molecule has 1 atom stereocenters. The summed E-state index contributed by atoms with van der Waals surface area (Å²) in [5.74, 6) is 0.595. The number of hydrogen-bond donors (Lipinski definition) is 2. The van der Waals surface area contributed by atoms with Gasteiger partial charge in [-0.2, -0.15) is 0 Å². The van der Waals surface area contributed by atoms with Crippen LogP contribution in [0.25, 0.3) is 16.7 Å². The zero-order valence-corrected chi connectivity index (χ0v) is 22.6. The van der Waals surface area contributed by atoms with Crippen LogP contribution in [0.5, 0.6) is 0 Å². The van der Waals surface area contributed by atoms with Gasteiger partial charge in [0.15, 0.2) is 0 Å². The first kappa shape index (κ1) is 24.5. The maximum Gasteiger partial charge on any atom is 0.255 e. The number of para-hydroxylation sites is 3. The summed E-state index contributed by atoms with van der Waals surface area (Å²) in [5.41, 5.74) is 9.53. The van der Waals surface area contributed by atoms with Gasteiger partial charge in [-0.25, -0.2) is 4.98 Å². The van der Waals surface area contributed by atoms with Gasteiger partial charge in [0, 0.05) is 29.8 Å². The highest BCUT2D eigenvalue weighted by Crippen LogP contribution is 2.39. The average Bonchev–Trinajstić information content (AvgIpc) is 3.33. The van der Waals surface area contributed by atoms with Crippen molar-refractivity contribution in [3.63, 3.8) is 0 Å². The summed E-state index contributed by atoms with van der Waals surface area (Å²) < 4.78 is 2.04. The predicted octanol–water partition coefficient (Wildman–Crippen LogP) is 7.46. The van der Waals surface area contributed by atoms with E-state index in [-0.39, 0.29) is 11.9 Å². The van der Waals surface area contributed by atoms with E-state index in [0.29, 0.717) is 5.57 Å². The molecule has 1 aliphatic heterocycles. The van der Waals surface area contributed by atoms with Crippen molar-refractivity contribution in [1.82, 2.24) is 9.55 Å². The molecule has 2 N–H and O–H groups in total. The molecule has 0 fully saturated rings. The Morgan fingerprint density at radius 1 is 0.872 bits per heavy atom. The highest BCUT2D eigenvalue weighted by Gasteiger charge is 2.33. The summed E-state index contributed by atoms with van der Waals surface area (Å²) in [7, 11) is 2.05. The summed E-state index contributed by atoms with van der Waals surface area (Å²) in [6, 6.07) is 32.3. The molecule has 39 heavy (non-hydrogen) atoms. The third-order valence-corrected chi connectivity index (χ3v) is 7.48. The molecule has 0 saturated heterocycles. The van der Waals surface area contributed by atoms with Crippen molar-refractivity contribution in [1.29, 1.82) is 0 Å². The quantitative estimate of drug-likeness (QED) is 0.256. The number of fused-ring (bicyclic) bond motifs is 3. The number of imidazole rings is 1. The number of anilines is 4. The second kappa shape index (κ2) is 9.80. The molecule has 0 radical (unpaired) electrons. The van der Waals surface area contributed by atoms with E-state index < -0.39 is 0 Å². The smallest absolute Gasteiger partial charge is 0.255 e. The third kappa shape index (κ3) is 4.44. The Bertz CT molecular complexity index is 1720. The fourth-order valence-electron chi connectivity index (χ4n) is 5.37. The molecule has 0 saturated carbocycles. The van der Waals surface area contributed by atoms with Crippen molar-refractivity contribution in [3.8, 4) is 0 Å². The van der Waals surface area contributed by atoms with Gasteiger partial charge in [0.1, 0.15) is 0 Å². The van der Waals surface area contributed by atoms with E-state index in [1.807, 2.05) is 73.0 Å². The zero-order chi connectivity index (χ0) is 27.1. The van der Waals surface area contributed by atoms with Gasteiger partial charge in [-0.1, -0.05) is 60.2 Å². The molecular weight excluding hydrogens is 482 g/mol. The molecule has 6 rings (SSSR count). The normalized spacial score (nSPS) is 14.6. The number of rotatable bonds is 5. The van der Waals surface area contributed by atoms with Gasteiger partial charge >= 0.3 is 0 Å². The van der Waals surface area contributed by atoms with Crippen molar-refractivity contribution in [3.05, 3.63) is 119 Å². The standard InChI is InChI=1S/C33H31N5O/c1-21-14-19-27(22(2)20-21)34-32(39)30-23(3)38-29-13-9-8-12-28(29)35-33(38)36-31(30)24-15-17-26(18-16-24)37(4)25-10-6-5-7-11-25/h5-20,31H,1-4H3,(H,34,39)(H,35,36)/t31-/m1/s1. The van der Waals surface area contributed by atoms with E-state index in [9.17, 15) is 4.79 Å². The van der Waals surface area contributed by atoms with E-state index in [2.05, 4.69) is 72.0 Å². The minimum absolute atomic E-state index is 0.133. The van der Waals surface area contributed by atoms with E-state index >= 15 is 0 Å². The summed E-state index contributed by atoms with van der Waals surface area (Å²) in [6.45, 7) is 6.07. The monoisotopic (exact) mass is 513 g/mol. The topological polar surface area (TPSA) is 62.2 Å². The Morgan fingerprint density at radius 3 is 2.31 bits per heavy atom. The summed E-state index contributed by atoms with van der Waals surface area (Å²) >= 11 is 0. The molecule has 1 aromatic heterocycles. The van der Waals surface area contributed by atoms with Gasteiger partial charge in [0.25, 0.3) is 5.91 Å². The van der Waals surface area contributed by atoms with Crippen LogP contribution in [0.3, 0.4) is 0 Å². The number of nitrogens with one attached hydrogen (secondary N) is 2. The van der Waals surface area contributed by atoms with E-state index in [0.717, 1.165) is 56.4 Å². The maximum atomic E-state index is 14.0. The average molecular weight is 514 g/mol. The van der Waals surface area contributed by atoms with Crippen molar-refractivity contribution >= 4 is 45.6 Å². The first-order valence-corrected chi connectivity index (χ1v) is 13.1. The number of aromatic nitrogens is 2. The number of carbonyl (C=O) groups excluding carboxylic acids is 1. The van der Waals surface area contributed by atoms with Crippen molar-refractivity contribution in [2.45, 2.75) is 26.8 Å². The molecule has 194 valence electrons. The Balaban J connectivity index is 1.41. The Labute approximate surface area is 228 Å². The number of benzene rings is 4. The molecule has 5 aromatic rings. The van der Waals surface area contributed by atoms with Crippen molar-refractivity contribution in [2.75, 3.05) is 22.6 Å². The van der Waals surface area contributed by atoms with Crippen LogP contribution < -0.4 is 15.5 Å². The lowest BCUT2D eigenvalue weighted by Crippen LogP contribution is -2.30. The van der Waals surface area contributed by atoms with Gasteiger partial charge in [0.2, 0.25) is 5.95 Å². The third-order valence-electron chi connectivity index (χ3n) is 7.48. The number of amides is 1. The fourth-order valence-corrected chi connectivity index (χ4v) is 5.37. The number of hydrogen-bond acceptors (Lipinski definition) is 4. The molecule has 0 unspecified atom stereocenters. The largest absolute Gasteiger partial charge is 0.345 e. The van der Waals surface area contributed by atoms with Crippen LogP contribution >= 0.6 is 0 Å². The van der Waals surface area contributed by atoms with E-state index in [1.54, 1.807) is 0 Å². The van der Waals surface area contributed by atoms with E-state index in [4.69, 9.17) is 4.98 Å². The Hall–Kier alpha value is -4.84. The molecule has 4 aromatic carbocycles. The van der Waals surface area contributed by atoms with Gasteiger partial charge in [-0.3, -0.25) is 9.36 Å². The molecular formula is C33H31N5O. The second-order valence-corrected chi connectivity index (χ2v) is 10.1. The maximum absolute atomic E-state index is 14.0. The molecule has 0 spiro atoms. The first-order chi connectivity index (χ1) is 18.9. The number of allylic oxidation sites excluding steroid dienone is 1. The zero-order valence-electron chi connectivity index (χ0n) is 22.6. The lowest BCUT2D eigenvalue weighted by atomic mass is 9.94. The molecule has 6 nitrogen and oxygen atoms in total. The van der Waals surface area contributed by atoms with Crippen molar-refractivity contribution < 1.29 is 4.79 Å². The minimum Gasteiger partial charge on any atom is -0.345 e.